The molecule has 1 nitrogen and oxygen atoms in total. The number of anilines is 3. The predicted molar refractivity (Wildman–Crippen MR) is 270 cm³/mol. The summed E-state index contributed by atoms with van der Waals surface area (Å²) in [4.78, 5) is 2.40. The van der Waals surface area contributed by atoms with Gasteiger partial charge in [0.25, 0.3) is 0 Å². The Balaban J connectivity index is 1.01. The Labute approximate surface area is 374 Å². The Morgan fingerprint density at radius 1 is 0.266 bits per heavy atom. The highest BCUT2D eigenvalue weighted by atomic mass is 15.1. The first-order chi connectivity index (χ1) is 31.7. The van der Waals surface area contributed by atoms with Crippen LogP contribution in [0.1, 0.15) is 22.3 Å². The lowest BCUT2D eigenvalue weighted by Crippen LogP contribution is -2.28. The van der Waals surface area contributed by atoms with Crippen LogP contribution in [-0.4, -0.2) is 0 Å². The molecule has 1 heteroatoms. The molecule has 300 valence electrons. The molecule has 0 unspecified atom stereocenters. The normalized spacial score (nSPS) is 12.5. The first-order valence-electron chi connectivity index (χ1n) is 22.2. The van der Waals surface area contributed by atoms with Gasteiger partial charge in [0.05, 0.1) is 5.41 Å². The van der Waals surface area contributed by atoms with Crippen LogP contribution in [0.5, 0.6) is 0 Å². The molecule has 0 amide bonds. The maximum atomic E-state index is 2.40. The van der Waals surface area contributed by atoms with Crippen molar-refractivity contribution in [3.63, 3.8) is 0 Å². The fourth-order valence-corrected chi connectivity index (χ4v) is 10.4. The molecule has 0 atom stereocenters. The van der Waals surface area contributed by atoms with E-state index < -0.39 is 5.41 Å². The molecule has 1 aliphatic carbocycles. The van der Waals surface area contributed by atoms with Gasteiger partial charge >= 0.3 is 0 Å². The van der Waals surface area contributed by atoms with Crippen molar-refractivity contribution in [3.8, 4) is 44.5 Å². The summed E-state index contributed by atoms with van der Waals surface area (Å²) in [6, 6.07) is 95.8. The van der Waals surface area contributed by atoms with Crippen molar-refractivity contribution in [1.29, 1.82) is 0 Å². The van der Waals surface area contributed by atoms with Gasteiger partial charge in [-0.3, -0.25) is 0 Å². The van der Waals surface area contributed by atoms with E-state index in [1.54, 1.807) is 0 Å². The minimum Gasteiger partial charge on any atom is -0.310 e. The zero-order valence-electron chi connectivity index (χ0n) is 35.3. The summed E-state index contributed by atoms with van der Waals surface area (Å²) in [5.74, 6) is 0. The van der Waals surface area contributed by atoms with E-state index in [2.05, 4.69) is 266 Å². The number of hydrogen-bond donors (Lipinski definition) is 0. The summed E-state index contributed by atoms with van der Waals surface area (Å²) in [5.41, 5.74) is 17.7. The van der Waals surface area contributed by atoms with Crippen LogP contribution in [0.15, 0.2) is 261 Å². The zero-order valence-corrected chi connectivity index (χ0v) is 35.3. The number of benzene rings is 11. The molecular weight excluding hydrogens is 771 g/mol. The molecule has 0 aliphatic heterocycles. The fourth-order valence-electron chi connectivity index (χ4n) is 10.4. The highest BCUT2D eigenvalue weighted by Crippen LogP contribution is 2.58. The molecule has 0 fully saturated rings. The summed E-state index contributed by atoms with van der Waals surface area (Å²) in [5, 5.41) is 4.99. The average Bonchev–Trinajstić information content (AvgIpc) is 3.68. The van der Waals surface area contributed by atoms with Gasteiger partial charge in [-0.2, -0.15) is 0 Å². The maximum Gasteiger partial charge on any atom is 0.0713 e. The molecule has 1 aliphatic rings. The highest BCUT2D eigenvalue weighted by Gasteiger charge is 2.46. The second kappa shape index (κ2) is 15.6. The van der Waals surface area contributed by atoms with Gasteiger partial charge in [-0.05, 0) is 131 Å². The molecular formula is C63H43N. The molecule has 12 rings (SSSR count). The summed E-state index contributed by atoms with van der Waals surface area (Å²) >= 11 is 0. The van der Waals surface area contributed by atoms with Crippen LogP contribution < -0.4 is 4.90 Å². The third-order valence-electron chi connectivity index (χ3n) is 13.3. The molecule has 0 bridgehead atoms. The Bertz CT molecular complexity index is 3430. The number of nitrogens with zero attached hydrogens (tertiary/aromatic N) is 1. The Hall–Kier alpha value is -8.26. The van der Waals surface area contributed by atoms with Gasteiger partial charge in [-0.15, -0.1) is 0 Å². The topological polar surface area (TPSA) is 3.24 Å². The second-order valence-electron chi connectivity index (χ2n) is 16.8. The lowest BCUT2D eigenvalue weighted by molar-refractivity contribution is 0.768. The van der Waals surface area contributed by atoms with E-state index in [9.17, 15) is 0 Å². The standard InChI is InChI=1S/C63H43N/c1-3-21-51(22-4-1)63(52-23-5-2-6-24-52)60-30-12-11-27-59(60)62-58(29-15-31-61(62)63)50-20-13-25-55(43-50)64(53-38-34-45(35-39-53)49-33-32-44-16-7-8-18-48(44)42-49)54-40-36-47(37-41-54)57-28-14-19-46-17-9-10-26-56(46)57/h1-43H. The van der Waals surface area contributed by atoms with Crippen molar-refractivity contribution >= 4 is 38.6 Å². The van der Waals surface area contributed by atoms with Crippen molar-refractivity contribution in [2.45, 2.75) is 5.41 Å². The van der Waals surface area contributed by atoms with Crippen LogP contribution in [0.4, 0.5) is 17.1 Å². The predicted octanol–water partition coefficient (Wildman–Crippen LogP) is 16.8. The van der Waals surface area contributed by atoms with Crippen molar-refractivity contribution in [2.24, 2.45) is 0 Å². The van der Waals surface area contributed by atoms with Crippen molar-refractivity contribution in [2.75, 3.05) is 4.90 Å². The summed E-state index contributed by atoms with van der Waals surface area (Å²) in [6.45, 7) is 0. The lowest BCUT2D eigenvalue weighted by atomic mass is 9.67. The molecule has 64 heavy (non-hydrogen) atoms. The first-order valence-corrected chi connectivity index (χ1v) is 22.2. The minimum atomic E-state index is -0.466. The van der Waals surface area contributed by atoms with Crippen LogP contribution in [0.3, 0.4) is 0 Å². The van der Waals surface area contributed by atoms with E-state index in [1.165, 1.54) is 88.3 Å². The zero-order chi connectivity index (χ0) is 42.5. The van der Waals surface area contributed by atoms with Crippen LogP contribution in [0.2, 0.25) is 0 Å². The van der Waals surface area contributed by atoms with E-state index in [4.69, 9.17) is 0 Å². The van der Waals surface area contributed by atoms with Crippen LogP contribution in [0, 0.1) is 0 Å². The summed E-state index contributed by atoms with van der Waals surface area (Å²) < 4.78 is 0. The first kappa shape index (κ1) is 37.5. The third kappa shape index (κ3) is 6.16. The Morgan fingerprint density at radius 2 is 0.797 bits per heavy atom. The van der Waals surface area contributed by atoms with Crippen LogP contribution in [0.25, 0.3) is 66.1 Å². The third-order valence-corrected chi connectivity index (χ3v) is 13.3. The Kier molecular flexibility index (Phi) is 9.13. The van der Waals surface area contributed by atoms with Crippen molar-refractivity contribution in [1.82, 2.24) is 0 Å². The molecule has 0 saturated heterocycles. The van der Waals surface area contributed by atoms with Gasteiger partial charge in [-0.1, -0.05) is 218 Å². The smallest absolute Gasteiger partial charge is 0.0713 e. The van der Waals surface area contributed by atoms with Gasteiger partial charge in [0.15, 0.2) is 0 Å². The molecule has 0 saturated carbocycles. The fraction of sp³-hybridized carbons (Fsp3) is 0.0159. The molecule has 11 aromatic carbocycles. The largest absolute Gasteiger partial charge is 0.310 e. The molecule has 0 aromatic heterocycles. The molecule has 0 spiro atoms. The van der Waals surface area contributed by atoms with Gasteiger partial charge in [0.1, 0.15) is 0 Å². The quantitative estimate of drug-likeness (QED) is 0.148. The number of rotatable bonds is 8. The minimum absolute atomic E-state index is 0.466. The molecule has 11 aromatic rings. The molecule has 0 heterocycles. The molecule has 0 radical (unpaired) electrons. The van der Waals surface area contributed by atoms with E-state index in [1.807, 2.05) is 0 Å². The van der Waals surface area contributed by atoms with Gasteiger partial charge in [-0.25, -0.2) is 0 Å². The lowest BCUT2D eigenvalue weighted by Gasteiger charge is -2.34. The monoisotopic (exact) mass is 813 g/mol. The number of hydrogen-bond acceptors (Lipinski definition) is 1. The van der Waals surface area contributed by atoms with Gasteiger partial charge < -0.3 is 4.90 Å². The maximum absolute atomic E-state index is 2.40. The van der Waals surface area contributed by atoms with E-state index in [0.29, 0.717) is 0 Å². The highest BCUT2D eigenvalue weighted by molar-refractivity contribution is 5.98. The average molecular weight is 814 g/mol. The summed E-state index contributed by atoms with van der Waals surface area (Å²) in [7, 11) is 0. The number of fused-ring (bicyclic) bond motifs is 5. The Morgan fingerprint density at radius 3 is 1.55 bits per heavy atom. The second-order valence-corrected chi connectivity index (χ2v) is 16.8. The van der Waals surface area contributed by atoms with Crippen molar-refractivity contribution in [3.05, 3.63) is 283 Å². The van der Waals surface area contributed by atoms with E-state index in [0.717, 1.165) is 17.1 Å². The van der Waals surface area contributed by atoms with Crippen LogP contribution in [-0.2, 0) is 5.41 Å². The van der Waals surface area contributed by atoms with E-state index >= 15 is 0 Å². The van der Waals surface area contributed by atoms with Crippen molar-refractivity contribution < 1.29 is 0 Å². The SMILES string of the molecule is c1ccc(C2(c3ccccc3)c3ccccc3-c3c(-c4cccc(N(c5ccc(-c6ccc7ccccc7c6)cc5)c5ccc(-c6cccc7ccccc67)cc5)c4)cccc32)cc1. The van der Waals surface area contributed by atoms with E-state index in [-0.39, 0.29) is 0 Å². The van der Waals surface area contributed by atoms with Gasteiger partial charge in [0.2, 0.25) is 0 Å². The van der Waals surface area contributed by atoms with Crippen LogP contribution >= 0.6 is 0 Å². The van der Waals surface area contributed by atoms with Gasteiger partial charge in [0, 0.05) is 17.1 Å². The summed E-state index contributed by atoms with van der Waals surface area (Å²) in [6.07, 6.45) is 0. The molecule has 0 N–H and O–H groups in total.